The van der Waals surface area contributed by atoms with E-state index in [2.05, 4.69) is 19.9 Å². The average molecular weight is 472 g/mol. The number of rotatable bonds is 8. The minimum atomic E-state index is -0.253. The Morgan fingerprint density at radius 2 is 2.00 bits per heavy atom. The van der Waals surface area contributed by atoms with Crippen molar-refractivity contribution in [2.24, 2.45) is 17.8 Å². The molecule has 1 aromatic carbocycles. The van der Waals surface area contributed by atoms with Crippen LogP contribution in [0.15, 0.2) is 34.9 Å². The normalized spacial score (nSPS) is 27.4. The summed E-state index contributed by atoms with van der Waals surface area (Å²) in [6, 6.07) is 5.04. The molecule has 1 N–H and O–H groups in total. The summed E-state index contributed by atoms with van der Waals surface area (Å²) in [5, 5.41) is 10.1. The average Bonchev–Trinajstić information content (AvgIpc) is 3.32. The number of aromatic hydroxyl groups is 1. The molecule has 2 heterocycles. The van der Waals surface area contributed by atoms with Gasteiger partial charge in [0.2, 0.25) is 11.8 Å². The molecule has 0 saturated carbocycles. The standard InChI is InChI=1S/C27H34ClNO4/c1-4-11-29-26(31)20-13-17(6-3)24-21(25(20)27(29)32)15-33-23(24)10-7-16(5-2)12-18-8-9-19(30)14-22(18)28/h8-9,12,14,20-21,23,25,30H,4-7,10-11,13,15H2,1-3H3/b16-12+/t20-,21+,23-,25-/m1/s1. The van der Waals surface area contributed by atoms with Gasteiger partial charge in [0.25, 0.3) is 0 Å². The van der Waals surface area contributed by atoms with Crippen molar-refractivity contribution in [2.45, 2.75) is 65.4 Å². The van der Waals surface area contributed by atoms with Crippen LogP contribution in [0.25, 0.3) is 6.08 Å². The minimum absolute atomic E-state index is 0.000679. The van der Waals surface area contributed by atoms with Crippen molar-refractivity contribution >= 4 is 29.5 Å². The highest BCUT2D eigenvalue weighted by Crippen LogP contribution is 2.50. The second-order valence-corrected chi connectivity index (χ2v) is 9.81. The SMILES string of the molecule is CCCN1C(=O)[C@@H]2[C@@H](CC(CC)=C3[C@@H](CC/C(=C/c4ccc(O)cc4Cl)CC)OC[C@@H]32)C1=O. The maximum absolute atomic E-state index is 13.1. The zero-order valence-electron chi connectivity index (χ0n) is 19.8. The molecule has 0 bridgehead atoms. The highest BCUT2D eigenvalue weighted by atomic mass is 35.5. The summed E-state index contributed by atoms with van der Waals surface area (Å²) in [4.78, 5) is 27.6. The van der Waals surface area contributed by atoms with Crippen molar-refractivity contribution in [3.05, 3.63) is 45.5 Å². The number of amides is 2. The number of allylic oxidation sites excluding steroid dienone is 2. The van der Waals surface area contributed by atoms with Gasteiger partial charge >= 0.3 is 0 Å². The molecule has 1 aliphatic carbocycles. The Labute approximate surface area is 201 Å². The van der Waals surface area contributed by atoms with Gasteiger partial charge in [-0.2, -0.15) is 0 Å². The molecule has 2 amide bonds. The van der Waals surface area contributed by atoms with Crippen LogP contribution in [-0.4, -0.2) is 41.1 Å². The lowest BCUT2D eigenvalue weighted by molar-refractivity contribution is -0.140. The highest BCUT2D eigenvalue weighted by Gasteiger charge is 2.56. The van der Waals surface area contributed by atoms with E-state index in [0.717, 1.165) is 37.7 Å². The second-order valence-electron chi connectivity index (χ2n) is 9.41. The maximum atomic E-state index is 13.1. The van der Waals surface area contributed by atoms with E-state index in [0.29, 0.717) is 24.6 Å². The molecule has 5 nitrogen and oxygen atoms in total. The van der Waals surface area contributed by atoms with Crippen molar-refractivity contribution in [3.63, 3.8) is 0 Å². The van der Waals surface area contributed by atoms with Gasteiger partial charge in [-0.1, -0.05) is 49.6 Å². The summed E-state index contributed by atoms with van der Waals surface area (Å²) in [6.45, 7) is 7.32. The zero-order valence-corrected chi connectivity index (χ0v) is 20.5. The number of phenols is 1. The van der Waals surface area contributed by atoms with E-state index >= 15 is 0 Å². The molecule has 0 aromatic heterocycles. The van der Waals surface area contributed by atoms with Crippen LogP contribution in [0.4, 0.5) is 0 Å². The number of halogens is 1. The summed E-state index contributed by atoms with van der Waals surface area (Å²) in [7, 11) is 0. The van der Waals surface area contributed by atoms with E-state index in [1.807, 2.05) is 13.0 Å². The topological polar surface area (TPSA) is 66.8 Å². The van der Waals surface area contributed by atoms with Crippen LogP contribution in [0.3, 0.4) is 0 Å². The summed E-state index contributed by atoms with van der Waals surface area (Å²) in [5.41, 5.74) is 4.77. The number of benzene rings is 1. The first kappa shape index (κ1) is 24.0. The predicted octanol–water partition coefficient (Wildman–Crippen LogP) is 5.76. The quantitative estimate of drug-likeness (QED) is 0.387. The lowest BCUT2D eigenvalue weighted by Crippen LogP contribution is -2.34. The van der Waals surface area contributed by atoms with E-state index in [-0.39, 0.29) is 41.4 Å². The van der Waals surface area contributed by atoms with Crippen LogP contribution in [0.1, 0.15) is 64.9 Å². The number of phenolic OH excluding ortho intramolecular Hbond substituents is 1. The van der Waals surface area contributed by atoms with Gasteiger partial charge in [0.1, 0.15) is 5.75 Å². The van der Waals surface area contributed by atoms with Gasteiger partial charge in [-0.25, -0.2) is 0 Å². The molecule has 2 fully saturated rings. The third kappa shape index (κ3) is 4.50. The van der Waals surface area contributed by atoms with Crippen molar-refractivity contribution in [3.8, 4) is 5.75 Å². The summed E-state index contributed by atoms with van der Waals surface area (Å²) in [6.07, 6.45) is 7.09. The van der Waals surface area contributed by atoms with Crippen molar-refractivity contribution in [2.75, 3.05) is 13.2 Å². The Balaban J connectivity index is 1.53. The van der Waals surface area contributed by atoms with E-state index < -0.39 is 0 Å². The first-order chi connectivity index (χ1) is 15.9. The number of likely N-dealkylation sites (tertiary alicyclic amines) is 1. The Kier molecular flexibility index (Phi) is 7.30. The second kappa shape index (κ2) is 10.0. The third-order valence-electron chi connectivity index (χ3n) is 7.50. The van der Waals surface area contributed by atoms with Gasteiger partial charge in [0.05, 0.1) is 29.6 Å². The molecule has 0 spiro atoms. The lowest BCUT2D eigenvalue weighted by Gasteiger charge is -2.31. The number of carbonyl (C=O) groups is 2. The Hall–Kier alpha value is -2.11. The predicted molar refractivity (Wildman–Crippen MR) is 130 cm³/mol. The highest BCUT2D eigenvalue weighted by molar-refractivity contribution is 6.32. The fourth-order valence-electron chi connectivity index (χ4n) is 5.84. The van der Waals surface area contributed by atoms with Gasteiger partial charge in [0, 0.05) is 12.5 Å². The molecule has 4 atom stereocenters. The number of fused-ring (bicyclic) bond motifs is 3. The fraction of sp³-hybridized carbons (Fsp3) is 0.556. The molecule has 33 heavy (non-hydrogen) atoms. The minimum Gasteiger partial charge on any atom is -0.508 e. The van der Waals surface area contributed by atoms with Gasteiger partial charge < -0.3 is 9.84 Å². The fourth-order valence-corrected chi connectivity index (χ4v) is 6.07. The van der Waals surface area contributed by atoms with Crippen LogP contribution in [0.2, 0.25) is 5.02 Å². The smallest absolute Gasteiger partial charge is 0.233 e. The van der Waals surface area contributed by atoms with Crippen molar-refractivity contribution in [1.29, 1.82) is 0 Å². The summed E-state index contributed by atoms with van der Waals surface area (Å²) < 4.78 is 6.28. The number of hydrogen-bond donors (Lipinski definition) is 1. The third-order valence-corrected chi connectivity index (χ3v) is 7.83. The summed E-state index contributed by atoms with van der Waals surface area (Å²) >= 11 is 6.30. The molecule has 6 heteroatoms. The summed E-state index contributed by atoms with van der Waals surface area (Å²) in [5.74, 6) is -0.253. The van der Waals surface area contributed by atoms with Gasteiger partial charge in [-0.05, 0) is 67.9 Å². The molecular weight excluding hydrogens is 438 g/mol. The molecule has 2 aliphatic heterocycles. The van der Waals surface area contributed by atoms with Crippen LogP contribution in [0.5, 0.6) is 5.75 Å². The number of carbonyl (C=O) groups excluding carboxylic acids is 2. The van der Waals surface area contributed by atoms with Crippen molar-refractivity contribution in [1.82, 2.24) is 4.90 Å². The molecule has 0 radical (unpaired) electrons. The lowest BCUT2D eigenvalue weighted by atomic mass is 9.69. The molecule has 0 unspecified atom stereocenters. The molecule has 1 aromatic rings. The molecule has 3 aliphatic rings. The van der Waals surface area contributed by atoms with E-state index in [4.69, 9.17) is 16.3 Å². The molecular formula is C27H34ClNO4. The van der Waals surface area contributed by atoms with Crippen molar-refractivity contribution < 1.29 is 19.4 Å². The van der Waals surface area contributed by atoms with E-state index in [9.17, 15) is 14.7 Å². The number of nitrogens with zero attached hydrogens (tertiary/aromatic N) is 1. The van der Waals surface area contributed by atoms with E-state index in [1.165, 1.54) is 21.6 Å². The number of ether oxygens (including phenoxy) is 1. The number of imide groups is 1. The van der Waals surface area contributed by atoms with E-state index in [1.54, 1.807) is 12.1 Å². The van der Waals surface area contributed by atoms with Crippen LogP contribution in [0, 0.1) is 17.8 Å². The Morgan fingerprint density at radius 1 is 1.21 bits per heavy atom. The Morgan fingerprint density at radius 3 is 2.67 bits per heavy atom. The largest absolute Gasteiger partial charge is 0.508 e. The van der Waals surface area contributed by atoms with Crippen LogP contribution in [-0.2, 0) is 14.3 Å². The zero-order chi connectivity index (χ0) is 23.7. The van der Waals surface area contributed by atoms with Gasteiger partial charge in [0.15, 0.2) is 0 Å². The number of hydrogen-bond acceptors (Lipinski definition) is 4. The maximum Gasteiger partial charge on any atom is 0.233 e. The van der Waals surface area contributed by atoms with Crippen LogP contribution < -0.4 is 0 Å². The van der Waals surface area contributed by atoms with Crippen LogP contribution >= 0.6 is 11.6 Å². The molecule has 178 valence electrons. The van der Waals surface area contributed by atoms with Gasteiger partial charge in [-0.3, -0.25) is 14.5 Å². The molecule has 2 saturated heterocycles. The Bertz CT molecular complexity index is 998. The first-order valence-electron chi connectivity index (χ1n) is 12.3. The first-order valence-corrected chi connectivity index (χ1v) is 12.6. The monoisotopic (exact) mass is 471 g/mol. The molecule has 4 rings (SSSR count). The van der Waals surface area contributed by atoms with Gasteiger partial charge in [-0.15, -0.1) is 0 Å².